The lowest BCUT2D eigenvalue weighted by atomic mass is 9.96. The van der Waals surface area contributed by atoms with Crippen molar-refractivity contribution >= 4 is 10.0 Å². The summed E-state index contributed by atoms with van der Waals surface area (Å²) in [6.07, 6.45) is 6.29. The number of rotatable bonds is 4. The Morgan fingerprint density at radius 2 is 2.20 bits per heavy atom. The minimum atomic E-state index is -3.81. The van der Waals surface area contributed by atoms with E-state index in [9.17, 15) is 12.8 Å². The number of hydrogen-bond donors (Lipinski definition) is 0. The average molecular weight is 300 g/mol. The van der Waals surface area contributed by atoms with Gasteiger partial charge in [-0.1, -0.05) is 19.8 Å². The van der Waals surface area contributed by atoms with E-state index < -0.39 is 20.9 Å². The third-order valence-corrected chi connectivity index (χ3v) is 5.65. The zero-order valence-electron chi connectivity index (χ0n) is 11.8. The molecule has 1 aliphatic heterocycles. The average Bonchev–Trinajstić information content (AvgIpc) is 2.65. The lowest BCUT2D eigenvalue weighted by Crippen LogP contribution is -2.33. The molecule has 1 aromatic rings. The van der Waals surface area contributed by atoms with Crippen molar-refractivity contribution in [3.8, 4) is 0 Å². The van der Waals surface area contributed by atoms with E-state index in [4.69, 9.17) is 0 Å². The van der Waals surface area contributed by atoms with Crippen LogP contribution < -0.4 is 0 Å². The molecule has 2 heterocycles. The van der Waals surface area contributed by atoms with Crippen molar-refractivity contribution in [3.63, 3.8) is 0 Å². The standard InChI is InChI=1S/C14H21FN2O2S/c1-2-5-12-6-4-10-17(11-8-12)20(18,19)14-13(15)7-3-9-16-14/h3,7,9,12H,2,4-6,8,10-11H2,1H3. The third kappa shape index (κ3) is 3.35. The smallest absolute Gasteiger partial charge is 0.241 e. The second-order valence-corrected chi connectivity index (χ2v) is 7.13. The molecule has 1 atom stereocenters. The summed E-state index contributed by atoms with van der Waals surface area (Å²) in [6, 6.07) is 2.53. The summed E-state index contributed by atoms with van der Waals surface area (Å²) in [6.45, 7) is 3.06. The molecule has 1 unspecified atom stereocenters. The minimum Gasteiger partial charge on any atom is -0.241 e. The number of nitrogens with zero attached hydrogens (tertiary/aromatic N) is 2. The van der Waals surface area contributed by atoms with Gasteiger partial charge >= 0.3 is 0 Å². The molecule has 0 aromatic carbocycles. The highest BCUT2D eigenvalue weighted by Crippen LogP contribution is 2.25. The zero-order chi connectivity index (χ0) is 14.6. The van der Waals surface area contributed by atoms with Crippen LogP contribution in [0.1, 0.15) is 39.0 Å². The quantitative estimate of drug-likeness (QED) is 0.859. The topological polar surface area (TPSA) is 50.3 Å². The highest BCUT2D eigenvalue weighted by molar-refractivity contribution is 7.89. The van der Waals surface area contributed by atoms with Crippen LogP contribution in [-0.2, 0) is 10.0 Å². The second-order valence-electron chi connectivity index (χ2n) is 5.28. The van der Waals surface area contributed by atoms with E-state index in [1.54, 1.807) is 0 Å². The normalized spacial score (nSPS) is 21.6. The monoisotopic (exact) mass is 300 g/mol. The summed E-state index contributed by atoms with van der Waals surface area (Å²) in [4.78, 5) is 3.71. The van der Waals surface area contributed by atoms with E-state index >= 15 is 0 Å². The first-order valence-electron chi connectivity index (χ1n) is 7.16. The fourth-order valence-electron chi connectivity index (χ4n) is 2.76. The molecular formula is C14H21FN2O2S. The van der Waals surface area contributed by atoms with Gasteiger partial charge in [0.1, 0.15) is 0 Å². The van der Waals surface area contributed by atoms with E-state index in [1.165, 1.54) is 16.6 Å². The Kier molecular flexibility index (Phi) is 5.10. The van der Waals surface area contributed by atoms with Crippen molar-refractivity contribution in [1.82, 2.24) is 9.29 Å². The van der Waals surface area contributed by atoms with Crippen LogP contribution in [0, 0.1) is 11.7 Å². The van der Waals surface area contributed by atoms with Gasteiger partial charge in [0.2, 0.25) is 5.03 Å². The Balaban J connectivity index is 2.16. The lowest BCUT2D eigenvalue weighted by Gasteiger charge is -2.19. The van der Waals surface area contributed by atoms with E-state index in [1.807, 2.05) is 0 Å². The summed E-state index contributed by atoms with van der Waals surface area (Å²) < 4.78 is 40.0. The molecule has 0 saturated carbocycles. The molecule has 20 heavy (non-hydrogen) atoms. The molecule has 112 valence electrons. The Hall–Kier alpha value is -1.01. The zero-order valence-corrected chi connectivity index (χ0v) is 12.6. The summed E-state index contributed by atoms with van der Waals surface area (Å²) >= 11 is 0. The van der Waals surface area contributed by atoms with Crippen LogP contribution in [0.25, 0.3) is 0 Å². The van der Waals surface area contributed by atoms with Crippen molar-refractivity contribution in [2.75, 3.05) is 13.1 Å². The van der Waals surface area contributed by atoms with Crippen LogP contribution in [0.15, 0.2) is 23.4 Å². The number of sulfonamides is 1. The molecule has 0 N–H and O–H groups in total. The van der Waals surface area contributed by atoms with Gasteiger partial charge in [-0.2, -0.15) is 4.31 Å². The Morgan fingerprint density at radius 1 is 1.40 bits per heavy atom. The molecule has 0 spiro atoms. The molecule has 0 amide bonds. The van der Waals surface area contributed by atoms with Crippen LogP contribution in [0.4, 0.5) is 4.39 Å². The van der Waals surface area contributed by atoms with E-state index in [2.05, 4.69) is 11.9 Å². The Labute approximate surface area is 120 Å². The molecule has 0 aliphatic carbocycles. The number of halogens is 1. The molecule has 1 aliphatic rings. The molecule has 0 bridgehead atoms. The van der Waals surface area contributed by atoms with Crippen LogP contribution in [-0.4, -0.2) is 30.8 Å². The van der Waals surface area contributed by atoms with Gasteiger partial charge in [-0.15, -0.1) is 0 Å². The van der Waals surface area contributed by atoms with Crippen LogP contribution in [0.5, 0.6) is 0 Å². The predicted octanol–water partition coefficient (Wildman–Crippen LogP) is 2.81. The van der Waals surface area contributed by atoms with Crippen molar-refractivity contribution in [1.29, 1.82) is 0 Å². The molecule has 6 heteroatoms. The van der Waals surface area contributed by atoms with Crippen LogP contribution >= 0.6 is 0 Å². The first-order valence-corrected chi connectivity index (χ1v) is 8.60. The third-order valence-electron chi connectivity index (χ3n) is 3.81. The van der Waals surface area contributed by atoms with Gasteiger partial charge in [0.15, 0.2) is 5.82 Å². The fourth-order valence-corrected chi connectivity index (χ4v) is 4.23. The van der Waals surface area contributed by atoms with Gasteiger partial charge in [-0.3, -0.25) is 0 Å². The molecule has 2 rings (SSSR count). The van der Waals surface area contributed by atoms with Gasteiger partial charge in [-0.25, -0.2) is 17.8 Å². The summed E-state index contributed by atoms with van der Waals surface area (Å²) in [5, 5.41) is -0.450. The highest BCUT2D eigenvalue weighted by atomic mass is 32.2. The minimum absolute atomic E-state index is 0.450. The Morgan fingerprint density at radius 3 is 2.90 bits per heavy atom. The van der Waals surface area contributed by atoms with Crippen LogP contribution in [0.2, 0.25) is 0 Å². The summed E-state index contributed by atoms with van der Waals surface area (Å²) in [7, 11) is -3.81. The van der Waals surface area contributed by atoms with Gasteiger partial charge in [0.25, 0.3) is 10.0 Å². The first-order chi connectivity index (χ1) is 9.55. The van der Waals surface area contributed by atoms with E-state index in [-0.39, 0.29) is 0 Å². The predicted molar refractivity (Wildman–Crippen MR) is 75.2 cm³/mol. The fraction of sp³-hybridized carbons (Fsp3) is 0.643. The molecule has 0 radical (unpaired) electrons. The number of aromatic nitrogens is 1. The van der Waals surface area contributed by atoms with Crippen molar-refractivity contribution in [2.24, 2.45) is 5.92 Å². The van der Waals surface area contributed by atoms with Crippen molar-refractivity contribution in [3.05, 3.63) is 24.1 Å². The largest absolute Gasteiger partial charge is 0.263 e. The SMILES string of the molecule is CCCC1CCCN(S(=O)(=O)c2ncccc2F)CC1. The van der Waals surface area contributed by atoms with Crippen molar-refractivity contribution in [2.45, 2.75) is 44.1 Å². The lowest BCUT2D eigenvalue weighted by molar-refractivity contribution is 0.396. The summed E-state index contributed by atoms with van der Waals surface area (Å²) in [5.74, 6) is -0.198. The maximum absolute atomic E-state index is 13.7. The van der Waals surface area contributed by atoms with Gasteiger partial charge in [0.05, 0.1) is 0 Å². The van der Waals surface area contributed by atoms with E-state index in [0.29, 0.717) is 19.0 Å². The Bertz CT molecular complexity index is 548. The highest BCUT2D eigenvalue weighted by Gasteiger charge is 2.30. The first kappa shape index (κ1) is 15.4. The molecule has 1 fully saturated rings. The number of hydrogen-bond acceptors (Lipinski definition) is 3. The van der Waals surface area contributed by atoms with E-state index in [0.717, 1.165) is 38.2 Å². The van der Waals surface area contributed by atoms with Gasteiger partial charge in [0, 0.05) is 19.3 Å². The van der Waals surface area contributed by atoms with Gasteiger partial charge in [-0.05, 0) is 37.3 Å². The van der Waals surface area contributed by atoms with Gasteiger partial charge < -0.3 is 0 Å². The number of pyridine rings is 1. The second kappa shape index (κ2) is 6.63. The molecule has 4 nitrogen and oxygen atoms in total. The van der Waals surface area contributed by atoms with Crippen molar-refractivity contribution < 1.29 is 12.8 Å². The maximum atomic E-state index is 13.7. The summed E-state index contributed by atoms with van der Waals surface area (Å²) in [5.41, 5.74) is 0. The molecular weight excluding hydrogens is 279 g/mol. The maximum Gasteiger partial charge on any atom is 0.263 e. The molecule has 1 saturated heterocycles. The molecule has 1 aromatic heterocycles. The van der Waals surface area contributed by atoms with Crippen LogP contribution in [0.3, 0.4) is 0 Å².